The van der Waals surface area contributed by atoms with Gasteiger partial charge in [-0.3, -0.25) is 4.57 Å². The van der Waals surface area contributed by atoms with Gasteiger partial charge in [0.05, 0.1) is 0 Å². The standard InChI is InChI=1S/C8H18NO5P/c1-8(2,3)14-7(10)6(9)15(11,12-4)13-5/h6H,9H2,1-5H3. The molecule has 0 aromatic heterocycles. The molecule has 90 valence electrons. The summed E-state index contributed by atoms with van der Waals surface area (Å²) in [4.78, 5) is 11.4. The maximum atomic E-state index is 11.7. The third-order valence-corrected chi connectivity index (χ3v) is 3.41. The van der Waals surface area contributed by atoms with Crippen LogP contribution in [0.5, 0.6) is 0 Å². The number of hydrogen-bond donors (Lipinski definition) is 1. The third-order valence-electron chi connectivity index (χ3n) is 1.50. The van der Waals surface area contributed by atoms with Crippen LogP contribution in [0.1, 0.15) is 20.8 Å². The Kier molecular flexibility index (Phi) is 4.93. The summed E-state index contributed by atoms with van der Waals surface area (Å²) >= 11 is 0. The average Bonchev–Trinajstić information content (AvgIpc) is 2.12. The van der Waals surface area contributed by atoms with Gasteiger partial charge in [0, 0.05) is 14.2 Å². The summed E-state index contributed by atoms with van der Waals surface area (Å²) in [5.41, 5.74) is 4.74. The van der Waals surface area contributed by atoms with Crippen LogP contribution in [-0.2, 0) is 23.1 Å². The Morgan fingerprint density at radius 2 is 1.67 bits per heavy atom. The van der Waals surface area contributed by atoms with Crippen LogP contribution in [0, 0.1) is 0 Å². The molecule has 0 rings (SSSR count). The van der Waals surface area contributed by atoms with Crippen LogP contribution < -0.4 is 5.73 Å². The molecule has 0 bridgehead atoms. The van der Waals surface area contributed by atoms with Crippen LogP contribution in [0.3, 0.4) is 0 Å². The maximum absolute atomic E-state index is 11.7. The van der Waals surface area contributed by atoms with Crippen LogP contribution in [0.25, 0.3) is 0 Å². The first-order valence-corrected chi connectivity index (χ1v) is 5.97. The van der Waals surface area contributed by atoms with Crippen molar-refractivity contribution in [2.45, 2.75) is 32.2 Å². The predicted octanol–water partition coefficient (Wildman–Crippen LogP) is 1.10. The van der Waals surface area contributed by atoms with Gasteiger partial charge in [0.15, 0.2) is 0 Å². The molecule has 1 atom stereocenters. The van der Waals surface area contributed by atoms with Crippen LogP contribution >= 0.6 is 7.60 Å². The minimum atomic E-state index is -3.61. The van der Waals surface area contributed by atoms with Crippen molar-refractivity contribution in [2.24, 2.45) is 5.73 Å². The van der Waals surface area contributed by atoms with Crippen molar-refractivity contribution in [1.82, 2.24) is 0 Å². The van der Waals surface area contributed by atoms with Gasteiger partial charge in [-0.2, -0.15) is 0 Å². The van der Waals surface area contributed by atoms with E-state index in [2.05, 4.69) is 9.05 Å². The molecule has 0 saturated heterocycles. The predicted molar refractivity (Wildman–Crippen MR) is 55.4 cm³/mol. The summed E-state index contributed by atoms with van der Waals surface area (Å²) in [5.74, 6) is -2.23. The van der Waals surface area contributed by atoms with E-state index in [9.17, 15) is 9.36 Å². The summed E-state index contributed by atoms with van der Waals surface area (Å²) < 4.78 is 25.8. The van der Waals surface area contributed by atoms with E-state index in [1.807, 2.05) is 0 Å². The highest BCUT2D eigenvalue weighted by Crippen LogP contribution is 2.49. The fourth-order valence-electron chi connectivity index (χ4n) is 0.793. The third kappa shape index (κ3) is 4.30. The van der Waals surface area contributed by atoms with Gasteiger partial charge in [-0.25, -0.2) is 4.79 Å². The average molecular weight is 239 g/mol. The molecule has 15 heavy (non-hydrogen) atoms. The van der Waals surface area contributed by atoms with Crippen molar-refractivity contribution in [1.29, 1.82) is 0 Å². The highest BCUT2D eigenvalue weighted by Gasteiger charge is 2.39. The minimum absolute atomic E-state index is 0.693. The van der Waals surface area contributed by atoms with Crippen LogP contribution in [0.15, 0.2) is 0 Å². The first-order chi connectivity index (χ1) is 6.66. The first-order valence-electron chi connectivity index (χ1n) is 4.36. The van der Waals surface area contributed by atoms with E-state index in [0.717, 1.165) is 14.2 Å². The molecule has 0 aliphatic heterocycles. The van der Waals surface area contributed by atoms with E-state index in [1.165, 1.54) is 0 Å². The first kappa shape index (κ1) is 14.6. The molecule has 0 saturated carbocycles. The Morgan fingerprint density at radius 3 is 1.93 bits per heavy atom. The second kappa shape index (κ2) is 5.07. The van der Waals surface area contributed by atoms with Gasteiger partial charge >= 0.3 is 13.6 Å². The van der Waals surface area contributed by atoms with Crippen LogP contribution in [-0.4, -0.2) is 31.6 Å². The molecule has 0 heterocycles. The molecular weight excluding hydrogens is 221 g/mol. The number of rotatable bonds is 4. The Labute approximate surface area is 89.6 Å². The fourth-order valence-corrected chi connectivity index (χ4v) is 1.71. The van der Waals surface area contributed by atoms with Gasteiger partial charge in [0.25, 0.3) is 0 Å². The highest BCUT2D eigenvalue weighted by atomic mass is 31.2. The van der Waals surface area contributed by atoms with Crippen LogP contribution in [0.2, 0.25) is 0 Å². The van der Waals surface area contributed by atoms with E-state index in [4.69, 9.17) is 10.5 Å². The molecule has 0 fully saturated rings. The van der Waals surface area contributed by atoms with E-state index in [-0.39, 0.29) is 0 Å². The zero-order valence-corrected chi connectivity index (χ0v) is 10.5. The second-order valence-corrected chi connectivity index (χ2v) is 6.25. The van der Waals surface area contributed by atoms with Gasteiger partial charge in [0.1, 0.15) is 5.60 Å². The molecule has 6 nitrogen and oxygen atoms in total. The Balaban J connectivity index is 4.65. The molecule has 0 aromatic rings. The normalized spacial score (nSPS) is 14.8. The zero-order valence-electron chi connectivity index (χ0n) is 9.64. The molecule has 0 aromatic carbocycles. The van der Waals surface area contributed by atoms with Gasteiger partial charge in [-0.1, -0.05) is 0 Å². The van der Waals surface area contributed by atoms with Crippen molar-refractivity contribution in [3.63, 3.8) is 0 Å². The van der Waals surface area contributed by atoms with Gasteiger partial charge < -0.3 is 19.5 Å². The van der Waals surface area contributed by atoms with Crippen molar-refractivity contribution in [2.75, 3.05) is 14.2 Å². The molecule has 0 aliphatic rings. The molecule has 0 radical (unpaired) electrons. The lowest BCUT2D eigenvalue weighted by Crippen LogP contribution is -2.37. The van der Waals surface area contributed by atoms with Crippen molar-refractivity contribution in [3.8, 4) is 0 Å². The molecule has 0 spiro atoms. The Morgan fingerprint density at radius 1 is 1.27 bits per heavy atom. The smallest absolute Gasteiger partial charge is 0.358 e. The van der Waals surface area contributed by atoms with Gasteiger partial charge in [-0.05, 0) is 20.8 Å². The van der Waals surface area contributed by atoms with Crippen molar-refractivity contribution in [3.05, 3.63) is 0 Å². The number of ether oxygens (including phenoxy) is 1. The van der Waals surface area contributed by atoms with Gasteiger partial charge in [-0.15, -0.1) is 0 Å². The van der Waals surface area contributed by atoms with Crippen LogP contribution in [0.4, 0.5) is 0 Å². The van der Waals surface area contributed by atoms with Crippen molar-refractivity contribution < 1.29 is 23.1 Å². The minimum Gasteiger partial charge on any atom is -0.458 e. The topological polar surface area (TPSA) is 87.9 Å². The lowest BCUT2D eigenvalue weighted by Gasteiger charge is -2.24. The number of esters is 1. The maximum Gasteiger partial charge on any atom is 0.358 e. The Bertz CT molecular complexity index is 265. The lowest BCUT2D eigenvalue weighted by atomic mass is 10.2. The molecule has 2 N–H and O–H groups in total. The zero-order chi connectivity index (χ0) is 12.3. The van der Waals surface area contributed by atoms with E-state index in [1.54, 1.807) is 20.8 Å². The summed E-state index contributed by atoms with van der Waals surface area (Å²) in [6, 6.07) is 0. The molecule has 0 aliphatic carbocycles. The summed E-state index contributed by atoms with van der Waals surface area (Å²) in [6.45, 7) is 5.05. The monoisotopic (exact) mass is 239 g/mol. The number of hydrogen-bond acceptors (Lipinski definition) is 6. The largest absolute Gasteiger partial charge is 0.458 e. The lowest BCUT2D eigenvalue weighted by molar-refractivity contribution is -0.154. The fraction of sp³-hybridized carbons (Fsp3) is 0.875. The molecule has 1 unspecified atom stereocenters. The van der Waals surface area contributed by atoms with Gasteiger partial charge in [0.2, 0.25) is 5.78 Å². The quantitative estimate of drug-likeness (QED) is 0.583. The molecule has 7 heteroatoms. The SMILES string of the molecule is COP(=O)(OC)C(N)C(=O)OC(C)(C)C. The Hall–Kier alpha value is -0.420. The summed E-state index contributed by atoms with van der Waals surface area (Å²) in [7, 11) is -1.29. The highest BCUT2D eigenvalue weighted by molar-refractivity contribution is 7.55. The summed E-state index contributed by atoms with van der Waals surface area (Å²) in [5, 5.41) is 0. The van der Waals surface area contributed by atoms with E-state index >= 15 is 0 Å². The number of carbonyl (C=O) groups excluding carboxylic acids is 1. The molecule has 0 amide bonds. The van der Waals surface area contributed by atoms with Crippen molar-refractivity contribution >= 4 is 13.6 Å². The van der Waals surface area contributed by atoms with E-state index < -0.39 is 24.9 Å². The number of carbonyl (C=O) groups is 1. The number of nitrogens with two attached hydrogens (primary N) is 1. The molecular formula is C8H18NO5P. The summed E-state index contributed by atoms with van der Waals surface area (Å²) in [6.07, 6.45) is 0. The van der Waals surface area contributed by atoms with E-state index in [0.29, 0.717) is 0 Å². The second-order valence-electron chi connectivity index (χ2n) is 3.88.